The maximum Gasteiger partial charge on any atom is 0.346 e. The minimum Gasteiger partial charge on any atom is -0.336 e. The van der Waals surface area contributed by atoms with Crippen LogP contribution in [0.15, 0.2) is 53.3 Å². The molecule has 2 amide bonds. The van der Waals surface area contributed by atoms with Crippen LogP contribution in [-0.4, -0.2) is 26.9 Å². The molecule has 2 N–H and O–H groups in total. The van der Waals surface area contributed by atoms with Crippen molar-refractivity contribution in [1.29, 1.82) is 0 Å². The summed E-state index contributed by atoms with van der Waals surface area (Å²) in [7, 11) is 0. The number of hydrogen-bond acceptors (Lipinski definition) is 3. The maximum atomic E-state index is 13.2. The lowest BCUT2D eigenvalue weighted by Crippen LogP contribution is -2.38. The van der Waals surface area contributed by atoms with E-state index in [1.165, 1.54) is 16.8 Å². The minimum atomic E-state index is -0.340. The van der Waals surface area contributed by atoms with Crippen LogP contribution in [0.25, 0.3) is 11.4 Å². The second-order valence-electron chi connectivity index (χ2n) is 7.17. The molecule has 7 nitrogen and oxygen atoms in total. The highest BCUT2D eigenvalue weighted by Gasteiger charge is 2.30. The third kappa shape index (κ3) is 4.71. The van der Waals surface area contributed by atoms with Crippen molar-refractivity contribution in [2.45, 2.75) is 32.0 Å². The first-order valence-electron chi connectivity index (χ1n) is 9.72. The summed E-state index contributed by atoms with van der Waals surface area (Å²) in [6.07, 6.45) is 1.84. The van der Waals surface area contributed by atoms with Crippen LogP contribution in [0, 0.1) is 5.82 Å². The number of halogens is 2. The van der Waals surface area contributed by atoms with Gasteiger partial charge in [0.1, 0.15) is 5.82 Å². The van der Waals surface area contributed by atoms with E-state index in [1.54, 1.807) is 28.8 Å². The summed E-state index contributed by atoms with van der Waals surface area (Å²) in [5.74, 6) is 0.182. The summed E-state index contributed by atoms with van der Waals surface area (Å²) in [6.45, 7) is 0.853. The van der Waals surface area contributed by atoms with Gasteiger partial charge in [-0.1, -0.05) is 23.7 Å². The predicted octanol–water partition coefficient (Wildman–Crippen LogP) is 3.34. The summed E-state index contributed by atoms with van der Waals surface area (Å²) in [6, 6.07) is 12.9. The van der Waals surface area contributed by atoms with Gasteiger partial charge in [0, 0.05) is 29.7 Å². The van der Waals surface area contributed by atoms with E-state index in [0.717, 1.165) is 18.4 Å². The lowest BCUT2D eigenvalue weighted by Gasteiger charge is -2.07. The number of urea groups is 1. The van der Waals surface area contributed by atoms with Crippen LogP contribution in [0.3, 0.4) is 0 Å². The van der Waals surface area contributed by atoms with E-state index < -0.39 is 0 Å². The third-order valence-corrected chi connectivity index (χ3v) is 5.11. The molecular weight excluding hydrogens is 409 g/mol. The Kier molecular flexibility index (Phi) is 5.85. The first-order chi connectivity index (χ1) is 14.5. The first-order valence-corrected chi connectivity index (χ1v) is 10.1. The molecule has 0 bridgehead atoms. The molecule has 1 aromatic heterocycles. The van der Waals surface area contributed by atoms with E-state index >= 15 is 0 Å². The number of aromatic nitrogens is 3. The van der Waals surface area contributed by atoms with Gasteiger partial charge in [0.05, 0.1) is 6.54 Å². The van der Waals surface area contributed by atoms with Crippen LogP contribution in [-0.2, 0) is 13.1 Å². The molecular formula is C21H21ClFN5O2. The second-order valence-corrected chi connectivity index (χ2v) is 7.61. The minimum absolute atomic E-state index is 0.127. The summed E-state index contributed by atoms with van der Waals surface area (Å²) < 4.78 is 16.2. The molecule has 0 unspecified atom stereocenters. The Balaban J connectivity index is 1.37. The van der Waals surface area contributed by atoms with E-state index in [9.17, 15) is 14.0 Å². The Morgan fingerprint density at radius 2 is 1.80 bits per heavy atom. The molecule has 1 heterocycles. The molecule has 0 aliphatic heterocycles. The highest BCUT2D eigenvalue weighted by atomic mass is 35.5. The molecule has 0 atom stereocenters. The Morgan fingerprint density at radius 3 is 2.47 bits per heavy atom. The van der Waals surface area contributed by atoms with Crippen LogP contribution in [0.2, 0.25) is 5.02 Å². The molecule has 4 rings (SSSR count). The highest BCUT2D eigenvalue weighted by Crippen LogP contribution is 2.36. The smallest absolute Gasteiger partial charge is 0.336 e. The van der Waals surface area contributed by atoms with Crippen molar-refractivity contribution in [3.63, 3.8) is 0 Å². The molecule has 2 aromatic carbocycles. The number of benzene rings is 2. The molecule has 1 saturated carbocycles. The van der Waals surface area contributed by atoms with Crippen molar-refractivity contribution in [2.75, 3.05) is 6.54 Å². The van der Waals surface area contributed by atoms with Gasteiger partial charge in [-0.15, -0.1) is 5.10 Å². The van der Waals surface area contributed by atoms with E-state index in [0.29, 0.717) is 23.0 Å². The van der Waals surface area contributed by atoms with Crippen LogP contribution in [0.5, 0.6) is 0 Å². The molecule has 156 valence electrons. The molecule has 1 aliphatic rings. The van der Waals surface area contributed by atoms with Crippen LogP contribution in [0.1, 0.15) is 24.4 Å². The summed E-state index contributed by atoms with van der Waals surface area (Å²) in [4.78, 5) is 24.8. The van der Waals surface area contributed by atoms with Crippen LogP contribution in [0.4, 0.5) is 9.18 Å². The Hall–Kier alpha value is -3.13. The quantitative estimate of drug-likeness (QED) is 0.604. The number of carbonyl (C=O) groups excluding carboxylic acids is 1. The first kappa shape index (κ1) is 20.2. The number of rotatable bonds is 7. The Labute approximate surface area is 177 Å². The molecule has 1 fully saturated rings. The Bertz CT molecular complexity index is 1090. The van der Waals surface area contributed by atoms with Gasteiger partial charge in [-0.05, 0) is 54.8 Å². The lowest BCUT2D eigenvalue weighted by atomic mass is 10.2. The van der Waals surface area contributed by atoms with E-state index in [2.05, 4.69) is 15.7 Å². The summed E-state index contributed by atoms with van der Waals surface area (Å²) in [5, 5.41) is 10.5. The third-order valence-electron chi connectivity index (χ3n) is 4.86. The normalized spacial score (nSPS) is 13.3. The molecule has 3 aromatic rings. The fourth-order valence-corrected chi connectivity index (χ4v) is 3.27. The number of carbonyl (C=O) groups is 1. The van der Waals surface area contributed by atoms with Gasteiger partial charge in [0.25, 0.3) is 0 Å². The molecule has 0 spiro atoms. The SMILES string of the molecule is O=C(NCCn1nc(-c2ccc(F)cc2)n(C2CC2)c1=O)NCc1ccc(Cl)cc1. The maximum absolute atomic E-state index is 13.2. The average molecular weight is 430 g/mol. The monoisotopic (exact) mass is 429 g/mol. The summed E-state index contributed by atoms with van der Waals surface area (Å²) >= 11 is 5.84. The van der Waals surface area contributed by atoms with Gasteiger partial charge in [-0.25, -0.2) is 18.7 Å². The molecule has 30 heavy (non-hydrogen) atoms. The fourth-order valence-electron chi connectivity index (χ4n) is 3.15. The molecule has 9 heteroatoms. The van der Waals surface area contributed by atoms with Crippen molar-refractivity contribution in [3.05, 3.63) is 75.4 Å². The zero-order valence-electron chi connectivity index (χ0n) is 16.1. The molecule has 1 aliphatic carbocycles. The van der Waals surface area contributed by atoms with Crippen LogP contribution < -0.4 is 16.3 Å². The standard InChI is InChI=1S/C21H21ClFN5O2/c22-16-5-1-14(2-6-16)13-25-20(29)24-11-12-27-21(30)28(18-9-10-18)19(26-27)15-3-7-17(23)8-4-15/h1-8,18H,9-13H2,(H2,24,25,29). The fraction of sp³-hybridized carbons (Fsp3) is 0.286. The van der Waals surface area contributed by atoms with Crippen molar-refractivity contribution in [3.8, 4) is 11.4 Å². The van der Waals surface area contributed by atoms with Crippen molar-refractivity contribution >= 4 is 17.6 Å². The highest BCUT2D eigenvalue weighted by molar-refractivity contribution is 6.30. The number of amides is 2. The molecule has 0 radical (unpaired) electrons. The number of hydrogen-bond donors (Lipinski definition) is 2. The number of nitrogens with zero attached hydrogens (tertiary/aromatic N) is 3. The Morgan fingerprint density at radius 1 is 1.10 bits per heavy atom. The van der Waals surface area contributed by atoms with E-state index in [-0.39, 0.29) is 36.7 Å². The largest absolute Gasteiger partial charge is 0.346 e. The van der Waals surface area contributed by atoms with Crippen LogP contribution >= 0.6 is 11.6 Å². The topological polar surface area (TPSA) is 81.0 Å². The number of nitrogens with one attached hydrogen (secondary N) is 2. The van der Waals surface area contributed by atoms with Gasteiger partial charge < -0.3 is 10.6 Å². The van der Waals surface area contributed by atoms with E-state index in [1.807, 2.05) is 12.1 Å². The zero-order valence-corrected chi connectivity index (χ0v) is 16.9. The second kappa shape index (κ2) is 8.71. The van der Waals surface area contributed by atoms with Gasteiger partial charge in [-0.2, -0.15) is 0 Å². The van der Waals surface area contributed by atoms with E-state index in [4.69, 9.17) is 11.6 Å². The average Bonchev–Trinajstić information content (AvgIpc) is 3.52. The van der Waals surface area contributed by atoms with Crippen molar-refractivity contribution < 1.29 is 9.18 Å². The predicted molar refractivity (Wildman–Crippen MR) is 112 cm³/mol. The summed E-state index contributed by atoms with van der Waals surface area (Å²) in [5.41, 5.74) is 1.39. The lowest BCUT2D eigenvalue weighted by molar-refractivity contribution is 0.240. The zero-order chi connectivity index (χ0) is 21.1. The van der Waals surface area contributed by atoms with Gasteiger partial charge in [-0.3, -0.25) is 4.57 Å². The molecule has 0 saturated heterocycles. The van der Waals surface area contributed by atoms with Gasteiger partial charge >= 0.3 is 11.7 Å². The van der Waals surface area contributed by atoms with Gasteiger partial charge in [0.2, 0.25) is 0 Å². The van der Waals surface area contributed by atoms with Crippen molar-refractivity contribution in [2.24, 2.45) is 0 Å². The van der Waals surface area contributed by atoms with Gasteiger partial charge in [0.15, 0.2) is 5.82 Å². The van der Waals surface area contributed by atoms with Crippen molar-refractivity contribution in [1.82, 2.24) is 25.0 Å².